The van der Waals surface area contributed by atoms with Crippen LogP contribution in [0.4, 0.5) is 23.4 Å². The van der Waals surface area contributed by atoms with Gasteiger partial charge in [-0.05, 0) is 49.9 Å². The van der Waals surface area contributed by atoms with Gasteiger partial charge in [-0.2, -0.15) is 9.67 Å². The number of nitrogen functional groups attached to an aromatic ring is 1. The molecule has 1 atom stereocenters. The van der Waals surface area contributed by atoms with Gasteiger partial charge in [0.05, 0.1) is 7.11 Å². The van der Waals surface area contributed by atoms with Crippen molar-refractivity contribution in [3.63, 3.8) is 0 Å². The molecule has 0 saturated carbocycles. The van der Waals surface area contributed by atoms with E-state index in [2.05, 4.69) is 36.0 Å². The van der Waals surface area contributed by atoms with Crippen molar-refractivity contribution in [2.24, 2.45) is 0 Å². The van der Waals surface area contributed by atoms with Gasteiger partial charge in [-0.1, -0.05) is 0 Å². The normalized spacial score (nSPS) is 16.3. The summed E-state index contributed by atoms with van der Waals surface area (Å²) in [5, 5.41) is 14.4. The molecule has 10 nitrogen and oxygen atoms in total. The first-order valence-corrected chi connectivity index (χ1v) is 10.9. The number of rotatable bonds is 7. The zero-order valence-electron chi connectivity index (χ0n) is 16.9. The molecule has 1 aromatic carbocycles. The second-order valence-electron chi connectivity index (χ2n) is 6.83. The number of aromatic nitrogens is 5. The van der Waals surface area contributed by atoms with E-state index in [-0.39, 0.29) is 12.0 Å². The van der Waals surface area contributed by atoms with E-state index in [1.54, 1.807) is 18.9 Å². The molecule has 1 aliphatic heterocycles. The number of benzene rings is 1. The fourth-order valence-electron chi connectivity index (χ4n) is 3.31. The number of piperidine rings is 1. The van der Waals surface area contributed by atoms with Gasteiger partial charge in [0.25, 0.3) is 0 Å². The van der Waals surface area contributed by atoms with Crippen molar-refractivity contribution < 1.29 is 4.74 Å². The molecule has 5 N–H and O–H groups in total. The zero-order valence-corrected chi connectivity index (χ0v) is 17.7. The van der Waals surface area contributed by atoms with Crippen molar-refractivity contribution in [2.45, 2.75) is 23.8 Å². The minimum absolute atomic E-state index is 0.195. The van der Waals surface area contributed by atoms with Crippen LogP contribution < -0.4 is 26.4 Å². The third kappa shape index (κ3) is 4.41. The van der Waals surface area contributed by atoms with Crippen LogP contribution in [0.25, 0.3) is 5.82 Å². The molecule has 3 aromatic rings. The van der Waals surface area contributed by atoms with Crippen molar-refractivity contribution in [2.75, 3.05) is 42.8 Å². The molecule has 11 heteroatoms. The Labute approximate surface area is 179 Å². The first-order chi connectivity index (χ1) is 14.7. The van der Waals surface area contributed by atoms with E-state index in [0.717, 1.165) is 31.6 Å². The Kier molecular flexibility index (Phi) is 6.19. The average molecular weight is 428 g/mol. The van der Waals surface area contributed by atoms with Crippen LogP contribution in [-0.4, -0.2) is 57.2 Å². The van der Waals surface area contributed by atoms with Crippen molar-refractivity contribution in [3.05, 3.63) is 30.6 Å². The molecule has 158 valence electrons. The molecule has 1 fully saturated rings. The molecule has 0 aliphatic carbocycles. The van der Waals surface area contributed by atoms with Gasteiger partial charge in [0.15, 0.2) is 5.82 Å². The summed E-state index contributed by atoms with van der Waals surface area (Å²) >= 11 is 1.68. The average Bonchev–Trinajstić information content (AvgIpc) is 3.14. The van der Waals surface area contributed by atoms with Crippen LogP contribution in [0.15, 0.2) is 35.5 Å². The molecular formula is C19H25N9OS. The molecule has 2 aromatic heterocycles. The highest BCUT2D eigenvalue weighted by Crippen LogP contribution is 2.30. The van der Waals surface area contributed by atoms with Crippen LogP contribution in [0.5, 0.6) is 5.75 Å². The third-order valence-electron chi connectivity index (χ3n) is 4.81. The van der Waals surface area contributed by atoms with Gasteiger partial charge < -0.3 is 26.4 Å². The lowest BCUT2D eigenvalue weighted by Crippen LogP contribution is -2.38. The zero-order chi connectivity index (χ0) is 20.9. The first-order valence-electron chi connectivity index (χ1n) is 9.68. The number of hydrogen-bond donors (Lipinski definition) is 4. The quantitative estimate of drug-likeness (QED) is 0.417. The summed E-state index contributed by atoms with van der Waals surface area (Å²) in [6, 6.07) is 8.25. The Morgan fingerprint density at radius 1 is 1.27 bits per heavy atom. The maximum absolute atomic E-state index is 6.13. The summed E-state index contributed by atoms with van der Waals surface area (Å²) in [5.74, 6) is 2.06. The predicted octanol–water partition coefficient (Wildman–Crippen LogP) is 2.28. The summed E-state index contributed by atoms with van der Waals surface area (Å²) in [5.41, 5.74) is 7.00. The molecule has 4 rings (SSSR count). The van der Waals surface area contributed by atoms with Gasteiger partial charge in [0.1, 0.15) is 6.33 Å². The first kappa shape index (κ1) is 20.2. The second-order valence-corrected chi connectivity index (χ2v) is 7.71. The molecule has 1 aliphatic rings. The molecular weight excluding hydrogens is 402 g/mol. The summed E-state index contributed by atoms with van der Waals surface area (Å²) in [6.45, 7) is 1.91. The van der Waals surface area contributed by atoms with Crippen LogP contribution in [-0.2, 0) is 0 Å². The van der Waals surface area contributed by atoms with Gasteiger partial charge in [0, 0.05) is 23.2 Å². The van der Waals surface area contributed by atoms with Gasteiger partial charge in [0.2, 0.25) is 23.5 Å². The lowest BCUT2D eigenvalue weighted by atomic mass is 10.1. The largest absolute Gasteiger partial charge is 0.490 e. The SMILES string of the molecule is COc1c(N[C@H]2CCCNC2)ncnc1-n1nc(Nc2ccc(SC)cc2)nc1N. The topological polar surface area (TPSA) is 128 Å². The monoisotopic (exact) mass is 427 g/mol. The van der Waals surface area contributed by atoms with Crippen LogP contribution in [0.1, 0.15) is 12.8 Å². The number of methoxy groups -OCH3 is 1. The summed E-state index contributed by atoms with van der Waals surface area (Å²) in [4.78, 5) is 14.2. The van der Waals surface area contributed by atoms with Gasteiger partial charge in [-0.15, -0.1) is 16.9 Å². The predicted molar refractivity (Wildman–Crippen MR) is 119 cm³/mol. The van der Waals surface area contributed by atoms with Gasteiger partial charge >= 0.3 is 0 Å². The lowest BCUT2D eigenvalue weighted by molar-refractivity contribution is 0.406. The van der Waals surface area contributed by atoms with E-state index in [0.29, 0.717) is 23.3 Å². The number of hydrogen-bond acceptors (Lipinski definition) is 10. The highest BCUT2D eigenvalue weighted by molar-refractivity contribution is 7.98. The molecule has 0 radical (unpaired) electrons. The van der Waals surface area contributed by atoms with E-state index in [1.807, 2.05) is 30.5 Å². The third-order valence-corrected chi connectivity index (χ3v) is 5.55. The molecule has 3 heterocycles. The Morgan fingerprint density at radius 3 is 2.80 bits per heavy atom. The molecule has 0 amide bonds. The maximum Gasteiger partial charge on any atom is 0.248 e. The van der Waals surface area contributed by atoms with Crippen molar-refractivity contribution in [1.82, 2.24) is 30.0 Å². The Bertz CT molecular complexity index is 986. The van der Waals surface area contributed by atoms with Gasteiger partial charge in [-0.3, -0.25) is 0 Å². The standard InChI is InChI=1S/C19H25N9OS/c1-29-15-16(24-13-4-3-9-21-10-13)22-11-23-17(15)28-18(20)26-19(27-28)25-12-5-7-14(30-2)8-6-12/h5-8,11,13,21H,3-4,9-10H2,1-2H3,(H,22,23,24)(H3,20,25,26,27)/t13-/m0/s1. The fraction of sp³-hybridized carbons (Fsp3) is 0.368. The lowest BCUT2D eigenvalue weighted by Gasteiger charge is -2.25. The summed E-state index contributed by atoms with van der Waals surface area (Å²) in [7, 11) is 1.58. The van der Waals surface area contributed by atoms with Crippen LogP contribution in [0.3, 0.4) is 0 Å². The molecule has 1 saturated heterocycles. The van der Waals surface area contributed by atoms with Crippen molar-refractivity contribution in [1.29, 1.82) is 0 Å². The van der Waals surface area contributed by atoms with Crippen LogP contribution in [0, 0.1) is 0 Å². The number of nitrogens with zero attached hydrogens (tertiary/aromatic N) is 5. The molecule has 0 spiro atoms. The van der Waals surface area contributed by atoms with E-state index < -0.39 is 0 Å². The summed E-state index contributed by atoms with van der Waals surface area (Å²) in [6.07, 6.45) is 5.67. The molecule has 0 bridgehead atoms. The van der Waals surface area contributed by atoms with E-state index in [1.165, 1.54) is 15.9 Å². The Balaban J connectivity index is 1.59. The van der Waals surface area contributed by atoms with Crippen molar-refractivity contribution in [3.8, 4) is 11.6 Å². The smallest absolute Gasteiger partial charge is 0.248 e. The minimum Gasteiger partial charge on any atom is -0.490 e. The Morgan fingerprint density at radius 2 is 2.10 bits per heavy atom. The summed E-state index contributed by atoms with van der Waals surface area (Å²) < 4.78 is 7.05. The van der Waals surface area contributed by atoms with E-state index >= 15 is 0 Å². The van der Waals surface area contributed by atoms with Crippen LogP contribution in [0.2, 0.25) is 0 Å². The number of thioether (sulfide) groups is 1. The number of nitrogens with one attached hydrogen (secondary N) is 3. The van der Waals surface area contributed by atoms with E-state index in [4.69, 9.17) is 10.5 Å². The van der Waals surface area contributed by atoms with Crippen molar-refractivity contribution >= 4 is 35.2 Å². The number of ether oxygens (including phenoxy) is 1. The van der Waals surface area contributed by atoms with E-state index in [9.17, 15) is 0 Å². The second kappa shape index (κ2) is 9.18. The van der Waals surface area contributed by atoms with Crippen LogP contribution >= 0.6 is 11.8 Å². The number of nitrogens with two attached hydrogens (primary N) is 1. The maximum atomic E-state index is 6.13. The molecule has 30 heavy (non-hydrogen) atoms. The number of anilines is 4. The minimum atomic E-state index is 0.195. The molecule has 0 unspecified atom stereocenters. The Hall–Kier alpha value is -3.05. The highest BCUT2D eigenvalue weighted by atomic mass is 32.2. The van der Waals surface area contributed by atoms with Gasteiger partial charge in [-0.25, -0.2) is 9.97 Å². The highest BCUT2D eigenvalue weighted by Gasteiger charge is 2.21. The fourth-order valence-corrected chi connectivity index (χ4v) is 3.72.